The van der Waals surface area contributed by atoms with E-state index in [0.29, 0.717) is 4.67 Å². The number of furan rings is 1. The molecule has 0 aliphatic rings. The van der Waals surface area contributed by atoms with Crippen molar-refractivity contribution in [2.24, 2.45) is 0 Å². The molecule has 0 aliphatic carbocycles. The standard InChI is InChI=1S/C11H16BrNO3/c1-7(8-5-6-9(12)16-8)13(4)11(2,3)10(14)15/h5-7H,1-4H3,(H,14,15). The minimum absolute atomic E-state index is 0.0996. The smallest absolute Gasteiger partial charge is 0.323 e. The fraction of sp³-hybridized carbons (Fsp3) is 0.545. The van der Waals surface area contributed by atoms with E-state index in [-0.39, 0.29) is 6.04 Å². The normalized spacial score (nSPS) is 14.1. The van der Waals surface area contributed by atoms with Crippen molar-refractivity contribution in [3.8, 4) is 0 Å². The van der Waals surface area contributed by atoms with Crippen LogP contribution in [0.2, 0.25) is 0 Å². The van der Waals surface area contributed by atoms with E-state index in [2.05, 4.69) is 15.9 Å². The second-order valence-electron chi connectivity index (χ2n) is 4.29. The van der Waals surface area contributed by atoms with Gasteiger partial charge in [-0.25, -0.2) is 0 Å². The predicted molar refractivity (Wildman–Crippen MR) is 64.3 cm³/mol. The molecule has 0 bridgehead atoms. The molecule has 0 aliphatic heterocycles. The average molecular weight is 290 g/mol. The highest BCUT2D eigenvalue weighted by molar-refractivity contribution is 9.10. The molecular weight excluding hydrogens is 274 g/mol. The first-order chi connectivity index (χ1) is 7.26. The van der Waals surface area contributed by atoms with Crippen LogP contribution in [0.3, 0.4) is 0 Å². The number of carboxylic acids is 1. The van der Waals surface area contributed by atoms with Crippen LogP contribution in [0.25, 0.3) is 0 Å². The summed E-state index contributed by atoms with van der Waals surface area (Å²) >= 11 is 3.23. The van der Waals surface area contributed by atoms with Gasteiger partial charge in [0.25, 0.3) is 0 Å². The van der Waals surface area contributed by atoms with Crippen LogP contribution in [-0.4, -0.2) is 28.6 Å². The Morgan fingerprint density at radius 3 is 2.50 bits per heavy atom. The maximum absolute atomic E-state index is 11.1. The number of likely N-dealkylation sites (N-methyl/N-ethyl adjacent to an activating group) is 1. The Bertz CT molecular complexity index is 386. The van der Waals surface area contributed by atoms with Gasteiger partial charge < -0.3 is 9.52 Å². The van der Waals surface area contributed by atoms with Crippen molar-refractivity contribution in [3.63, 3.8) is 0 Å². The minimum Gasteiger partial charge on any atom is -0.480 e. The summed E-state index contributed by atoms with van der Waals surface area (Å²) in [5, 5.41) is 9.13. The van der Waals surface area contributed by atoms with E-state index in [1.54, 1.807) is 31.9 Å². The van der Waals surface area contributed by atoms with Crippen LogP contribution in [0.4, 0.5) is 0 Å². The molecule has 1 rings (SSSR count). The van der Waals surface area contributed by atoms with Crippen molar-refractivity contribution >= 4 is 21.9 Å². The molecule has 1 unspecified atom stereocenters. The van der Waals surface area contributed by atoms with Crippen LogP contribution in [0.15, 0.2) is 21.2 Å². The number of carbonyl (C=O) groups is 1. The number of rotatable bonds is 4. The summed E-state index contributed by atoms with van der Waals surface area (Å²) in [4.78, 5) is 12.9. The number of carboxylic acid groups (broad SMARTS) is 1. The third-order valence-electron chi connectivity index (χ3n) is 2.99. The van der Waals surface area contributed by atoms with Gasteiger partial charge in [0.15, 0.2) is 4.67 Å². The molecule has 1 N–H and O–H groups in total. The zero-order chi connectivity index (χ0) is 12.5. The summed E-state index contributed by atoms with van der Waals surface area (Å²) in [5.74, 6) is -0.115. The molecular formula is C11H16BrNO3. The van der Waals surface area contributed by atoms with E-state index in [1.807, 2.05) is 13.0 Å². The van der Waals surface area contributed by atoms with Crippen molar-refractivity contribution < 1.29 is 14.3 Å². The highest BCUT2D eigenvalue weighted by Gasteiger charge is 2.36. The number of aliphatic carboxylic acids is 1. The van der Waals surface area contributed by atoms with Crippen LogP contribution in [0.1, 0.15) is 32.6 Å². The first-order valence-electron chi connectivity index (χ1n) is 4.98. The molecule has 16 heavy (non-hydrogen) atoms. The summed E-state index contributed by atoms with van der Waals surface area (Å²) in [6, 6.07) is 3.54. The first-order valence-corrected chi connectivity index (χ1v) is 5.77. The van der Waals surface area contributed by atoms with E-state index in [9.17, 15) is 4.79 Å². The number of hydrogen-bond donors (Lipinski definition) is 1. The van der Waals surface area contributed by atoms with Gasteiger partial charge in [0.2, 0.25) is 0 Å². The molecule has 1 aromatic heterocycles. The van der Waals surface area contributed by atoms with Crippen LogP contribution >= 0.6 is 15.9 Å². The van der Waals surface area contributed by atoms with Gasteiger partial charge in [-0.1, -0.05) is 0 Å². The fourth-order valence-corrected chi connectivity index (χ4v) is 1.70. The van der Waals surface area contributed by atoms with E-state index in [0.717, 1.165) is 5.76 Å². The number of hydrogen-bond acceptors (Lipinski definition) is 3. The van der Waals surface area contributed by atoms with Gasteiger partial charge in [-0.2, -0.15) is 0 Å². The molecule has 1 aromatic rings. The predicted octanol–water partition coefficient (Wildman–Crippen LogP) is 2.90. The summed E-state index contributed by atoms with van der Waals surface area (Å²) in [7, 11) is 1.77. The van der Waals surface area contributed by atoms with Crippen LogP contribution in [-0.2, 0) is 4.79 Å². The lowest BCUT2D eigenvalue weighted by molar-refractivity contribution is -0.150. The Kier molecular flexibility index (Phi) is 3.80. The van der Waals surface area contributed by atoms with Crippen LogP contribution in [0.5, 0.6) is 0 Å². The molecule has 0 saturated heterocycles. The third-order valence-corrected chi connectivity index (χ3v) is 3.42. The minimum atomic E-state index is -0.932. The summed E-state index contributed by atoms with van der Waals surface area (Å²) < 4.78 is 6.07. The van der Waals surface area contributed by atoms with Crippen molar-refractivity contribution in [2.75, 3.05) is 7.05 Å². The van der Waals surface area contributed by atoms with Crippen molar-refractivity contribution in [2.45, 2.75) is 32.4 Å². The molecule has 90 valence electrons. The Morgan fingerprint density at radius 1 is 1.56 bits per heavy atom. The number of halogens is 1. The zero-order valence-corrected chi connectivity index (χ0v) is 11.4. The highest BCUT2D eigenvalue weighted by Crippen LogP contribution is 2.28. The molecule has 0 amide bonds. The van der Waals surface area contributed by atoms with Gasteiger partial charge in [0.1, 0.15) is 11.3 Å². The lowest BCUT2D eigenvalue weighted by Gasteiger charge is -2.35. The molecule has 4 nitrogen and oxygen atoms in total. The Labute approximate surface area is 103 Å². The van der Waals surface area contributed by atoms with Crippen molar-refractivity contribution in [1.82, 2.24) is 4.90 Å². The molecule has 1 heterocycles. The SMILES string of the molecule is CC(c1ccc(Br)o1)N(C)C(C)(C)C(=O)O. The zero-order valence-electron chi connectivity index (χ0n) is 9.82. The van der Waals surface area contributed by atoms with Gasteiger partial charge >= 0.3 is 5.97 Å². The largest absolute Gasteiger partial charge is 0.480 e. The molecule has 0 saturated carbocycles. The third kappa shape index (κ3) is 2.47. The topological polar surface area (TPSA) is 53.7 Å². The van der Waals surface area contributed by atoms with Crippen molar-refractivity contribution in [3.05, 3.63) is 22.6 Å². The van der Waals surface area contributed by atoms with E-state index < -0.39 is 11.5 Å². The van der Waals surface area contributed by atoms with Crippen LogP contribution < -0.4 is 0 Å². The number of nitrogens with zero attached hydrogens (tertiary/aromatic N) is 1. The van der Waals surface area contributed by atoms with E-state index >= 15 is 0 Å². The maximum atomic E-state index is 11.1. The lowest BCUT2D eigenvalue weighted by Crippen LogP contribution is -2.48. The highest BCUT2D eigenvalue weighted by atomic mass is 79.9. The van der Waals surface area contributed by atoms with Gasteiger partial charge in [-0.05, 0) is 55.9 Å². The monoisotopic (exact) mass is 289 g/mol. The average Bonchev–Trinajstić information content (AvgIpc) is 2.62. The fourth-order valence-electron chi connectivity index (χ4n) is 1.38. The lowest BCUT2D eigenvalue weighted by atomic mass is 10.0. The van der Waals surface area contributed by atoms with E-state index in [1.165, 1.54) is 0 Å². The second-order valence-corrected chi connectivity index (χ2v) is 5.07. The Hall–Kier alpha value is -0.810. The first kappa shape index (κ1) is 13.3. The Morgan fingerprint density at radius 2 is 2.12 bits per heavy atom. The van der Waals surface area contributed by atoms with Crippen molar-refractivity contribution in [1.29, 1.82) is 0 Å². The van der Waals surface area contributed by atoms with Gasteiger partial charge in [0, 0.05) is 0 Å². The van der Waals surface area contributed by atoms with Crippen LogP contribution in [0, 0.1) is 0 Å². The Balaban J connectivity index is 2.90. The molecule has 0 radical (unpaired) electrons. The molecule has 0 spiro atoms. The van der Waals surface area contributed by atoms with Gasteiger partial charge in [-0.3, -0.25) is 9.69 Å². The second kappa shape index (κ2) is 4.59. The summed E-state index contributed by atoms with van der Waals surface area (Å²) in [6.07, 6.45) is 0. The molecule has 0 aromatic carbocycles. The molecule has 0 fully saturated rings. The molecule has 5 heteroatoms. The van der Waals surface area contributed by atoms with Gasteiger partial charge in [0.05, 0.1) is 6.04 Å². The van der Waals surface area contributed by atoms with Gasteiger partial charge in [-0.15, -0.1) is 0 Å². The maximum Gasteiger partial charge on any atom is 0.323 e. The van der Waals surface area contributed by atoms with E-state index in [4.69, 9.17) is 9.52 Å². The quantitative estimate of drug-likeness (QED) is 0.926. The summed E-state index contributed by atoms with van der Waals surface area (Å²) in [6.45, 7) is 5.25. The summed E-state index contributed by atoms with van der Waals surface area (Å²) in [5.41, 5.74) is -0.932. The molecule has 1 atom stereocenters.